The van der Waals surface area contributed by atoms with Gasteiger partial charge in [-0.2, -0.15) is 0 Å². The second-order valence-corrected chi connectivity index (χ2v) is 7.04. The smallest absolute Gasteiger partial charge is 0.165 e. The van der Waals surface area contributed by atoms with E-state index < -0.39 is 0 Å². The molecule has 0 saturated heterocycles. The Balaban J connectivity index is 1.72. The summed E-state index contributed by atoms with van der Waals surface area (Å²) in [6, 6.07) is 20.9. The fourth-order valence-corrected chi connectivity index (χ4v) is 3.84. The highest BCUT2D eigenvalue weighted by molar-refractivity contribution is 6.11. The van der Waals surface area contributed by atoms with E-state index in [1.807, 2.05) is 27.6 Å². The number of hydrogen-bond acceptors (Lipinski definition) is 4. The summed E-state index contributed by atoms with van der Waals surface area (Å²) < 4.78 is 3.78. The topological polar surface area (TPSA) is 61.4 Å². The van der Waals surface area contributed by atoms with E-state index in [2.05, 4.69) is 64.6 Å². The van der Waals surface area contributed by atoms with Crippen molar-refractivity contribution in [2.75, 3.05) is 0 Å². The number of aromatic nitrogens is 6. The van der Waals surface area contributed by atoms with Crippen molar-refractivity contribution in [1.29, 1.82) is 0 Å². The summed E-state index contributed by atoms with van der Waals surface area (Å²) in [5, 5.41) is 4.56. The summed E-state index contributed by atoms with van der Waals surface area (Å²) in [6.45, 7) is 0. The van der Waals surface area contributed by atoms with Gasteiger partial charge in [-0.25, -0.2) is 19.9 Å². The molecule has 0 unspecified atom stereocenters. The average molecular weight is 388 g/mol. The van der Waals surface area contributed by atoms with Crippen LogP contribution in [0, 0.1) is 0 Å². The van der Waals surface area contributed by atoms with Crippen LogP contribution in [0.3, 0.4) is 0 Å². The van der Waals surface area contributed by atoms with E-state index in [-0.39, 0.29) is 0 Å². The molecule has 6 rings (SSSR count). The van der Waals surface area contributed by atoms with Crippen LogP contribution in [0.25, 0.3) is 44.6 Å². The van der Waals surface area contributed by atoms with Gasteiger partial charge in [-0.15, -0.1) is 0 Å². The van der Waals surface area contributed by atoms with Crippen molar-refractivity contribution in [3.8, 4) is 23.0 Å². The van der Waals surface area contributed by atoms with Crippen LogP contribution in [0.2, 0.25) is 0 Å². The predicted molar refractivity (Wildman–Crippen MR) is 117 cm³/mol. The molecule has 0 aliphatic rings. The molecule has 0 fully saturated rings. The molecule has 3 heterocycles. The minimum Gasteiger partial charge on any atom is -0.290 e. The Morgan fingerprint density at radius 3 is 1.63 bits per heavy atom. The normalized spacial score (nSPS) is 11.3. The number of hydrogen-bond donors (Lipinski definition) is 0. The number of fused-ring (bicyclic) bond motifs is 2. The van der Waals surface area contributed by atoms with Gasteiger partial charge in [0, 0.05) is 36.4 Å². The molecule has 30 heavy (non-hydrogen) atoms. The van der Waals surface area contributed by atoms with Gasteiger partial charge in [0.15, 0.2) is 5.82 Å². The van der Waals surface area contributed by atoms with Crippen molar-refractivity contribution in [3.05, 3.63) is 98.1 Å². The van der Waals surface area contributed by atoms with Gasteiger partial charge in [-0.05, 0) is 27.6 Å². The lowest BCUT2D eigenvalue weighted by Gasteiger charge is -2.13. The van der Waals surface area contributed by atoms with Gasteiger partial charge in [-0.3, -0.25) is 9.13 Å². The molecule has 142 valence electrons. The monoisotopic (exact) mass is 388 g/mol. The molecule has 6 nitrogen and oxygen atoms in total. The predicted octanol–water partition coefficient (Wildman–Crippen LogP) is 4.82. The molecule has 0 atom stereocenters. The maximum absolute atomic E-state index is 4.93. The SMILES string of the molecule is c1ccc2c(-c3nc(-n4ccnc4)cc(-n4ccnc4)n3)c3ccccc3cc2c1. The van der Waals surface area contributed by atoms with Gasteiger partial charge in [0.1, 0.15) is 24.3 Å². The Morgan fingerprint density at radius 1 is 0.600 bits per heavy atom. The maximum atomic E-state index is 4.93. The van der Waals surface area contributed by atoms with Crippen LogP contribution in [-0.4, -0.2) is 29.1 Å². The van der Waals surface area contributed by atoms with Crippen molar-refractivity contribution in [3.63, 3.8) is 0 Å². The van der Waals surface area contributed by atoms with E-state index in [0.29, 0.717) is 5.82 Å². The van der Waals surface area contributed by atoms with E-state index >= 15 is 0 Å². The largest absolute Gasteiger partial charge is 0.290 e. The molecule has 0 N–H and O–H groups in total. The summed E-state index contributed by atoms with van der Waals surface area (Å²) in [5.41, 5.74) is 1.02. The zero-order valence-corrected chi connectivity index (χ0v) is 15.9. The zero-order valence-electron chi connectivity index (χ0n) is 15.9. The summed E-state index contributed by atoms with van der Waals surface area (Å²) in [6.07, 6.45) is 10.7. The van der Waals surface area contributed by atoms with E-state index in [1.54, 1.807) is 25.0 Å². The van der Waals surface area contributed by atoms with Gasteiger partial charge < -0.3 is 0 Å². The van der Waals surface area contributed by atoms with Gasteiger partial charge in [-0.1, -0.05) is 48.5 Å². The molecular weight excluding hydrogens is 372 g/mol. The third kappa shape index (κ3) is 2.66. The maximum Gasteiger partial charge on any atom is 0.165 e. The lowest BCUT2D eigenvalue weighted by Crippen LogP contribution is -2.04. The van der Waals surface area contributed by atoms with Crippen molar-refractivity contribution >= 4 is 21.5 Å². The summed E-state index contributed by atoms with van der Waals surface area (Å²) >= 11 is 0. The summed E-state index contributed by atoms with van der Waals surface area (Å²) in [4.78, 5) is 18.2. The van der Waals surface area contributed by atoms with Gasteiger partial charge in [0.25, 0.3) is 0 Å². The number of imidazole rings is 2. The Hall–Kier alpha value is -4.32. The Labute approximate surface area is 172 Å². The third-order valence-electron chi connectivity index (χ3n) is 5.23. The third-order valence-corrected chi connectivity index (χ3v) is 5.23. The molecule has 0 saturated carbocycles. The first kappa shape index (κ1) is 16.6. The lowest BCUT2D eigenvalue weighted by atomic mass is 9.96. The highest BCUT2D eigenvalue weighted by Gasteiger charge is 2.15. The molecule has 0 aliphatic heterocycles. The molecule has 0 radical (unpaired) electrons. The van der Waals surface area contributed by atoms with E-state index in [4.69, 9.17) is 9.97 Å². The lowest BCUT2D eigenvalue weighted by molar-refractivity contribution is 0.929. The van der Waals surface area contributed by atoms with Gasteiger partial charge >= 0.3 is 0 Å². The number of benzene rings is 3. The van der Waals surface area contributed by atoms with Crippen molar-refractivity contribution in [2.24, 2.45) is 0 Å². The van der Waals surface area contributed by atoms with Crippen molar-refractivity contribution in [1.82, 2.24) is 29.1 Å². The molecule has 6 heteroatoms. The second-order valence-electron chi connectivity index (χ2n) is 7.04. The Bertz CT molecular complexity index is 1380. The standard InChI is InChI=1S/C24H16N6/c1-3-7-19-17(5-1)13-18-6-2-4-8-20(18)23(19)24-27-21(29-11-9-25-15-29)14-22(28-24)30-12-10-26-16-30/h1-16H. The molecule has 0 aliphatic carbocycles. The van der Waals surface area contributed by atoms with Crippen molar-refractivity contribution in [2.45, 2.75) is 0 Å². The van der Waals surface area contributed by atoms with Crippen LogP contribution in [0.15, 0.2) is 98.1 Å². The van der Waals surface area contributed by atoms with Crippen LogP contribution in [0.1, 0.15) is 0 Å². The summed E-state index contributed by atoms with van der Waals surface area (Å²) in [5.74, 6) is 2.16. The summed E-state index contributed by atoms with van der Waals surface area (Å²) in [7, 11) is 0. The first-order valence-corrected chi connectivity index (χ1v) is 9.63. The fourth-order valence-electron chi connectivity index (χ4n) is 3.84. The van der Waals surface area contributed by atoms with E-state index in [1.165, 1.54) is 0 Å². The molecule has 0 spiro atoms. The van der Waals surface area contributed by atoms with Crippen LogP contribution < -0.4 is 0 Å². The first-order valence-electron chi connectivity index (χ1n) is 9.63. The van der Waals surface area contributed by atoms with Gasteiger partial charge in [0.2, 0.25) is 0 Å². The number of nitrogens with zero attached hydrogens (tertiary/aromatic N) is 6. The quantitative estimate of drug-likeness (QED) is 0.408. The van der Waals surface area contributed by atoms with Crippen LogP contribution in [-0.2, 0) is 0 Å². The Kier molecular flexibility index (Phi) is 3.67. The minimum atomic E-state index is 0.665. The zero-order chi connectivity index (χ0) is 19.9. The average Bonchev–Trinajstić information content (AvgIpc) is 3.52. The molecule has 6 aromatic rings. The van der Waals surface area contributed by atoms with E-state index in [9.17, 15) is 0 Å². The highest BCUT2D eigenvalue weighted by atomic mass is 15.2. The van der Waals surface area contributed by atoms with Crippen LogP contribution >= 0.6 is 0 Å². The van der Waals surface area contributed by atoms with Gasteiger partial charge in [0.05, 0.1) is 0 Å². The fraction of sp³-hybridized carbons (Fsp3) is 0. The molecule has 3 aromatic heterocycles. The van der Waals surface area contributed by atoms with Crippen LogP contribution in [0.4, 0.5) is 0 Å². The second kappa shape index (κ2) is 6.63. The number of rotatable bonds is 3. The molecule has 0 bridgehead atoms. The highest BCUT2D eigenvalue weighted by Crippen LogP contribution is 2.35. The first-order chi connectivity index (χ1) is 14.9. The molecular formula is C24H16N6. The molecule has 0 amide bonds. The molecule has 3 aromatic carbocycles. The Morgan fingerprint density at radius 2 is 1.13 bits per heavy atom. The minimum absolute atomic E-state index is 0.665. The van der Waals surface area contributed by atoms with Crippen LogP contribution in [0.5, 0.6) is 0 Å². The van der Waals surface area contributed by atoms with E-state index in [0.717, 1.165) is 38.7 Å². The van der Waals surface area contributed by atoms with Crippen molar-refractivity contribution < 1.29 is 0 Å².